The van der Waals surface area contributed by atoms with E-state index in [0.29, 0.717) is 15.9 Å². The van der Waals surface area contributed by atoms with Crippen LogP contribution in [-0.4, -0.2) is 16.1 Å². The van der Waals surface area contributed by atoms with Crippen molar-refractivity contribution in [2.75, 3.05) is 0 Å². The van der Waals surface area contributed by atoms with Crippen LogP contribution in [0.25, 0.3) is 10.9 Å². The zero-order valence-corrected chi connectivity index (χ0v) is 9.84. The first-order valence-electron chi connectivity index (χ1n) is 5.11. The molecule has 5 heteroatoms. The van der Waals surface area contributed by atoms with E-state index in [4.69, 9.17) is 16.7 Å². The minimum absolute atomic E-state index is 0.133. The van der Waals surface area contributed by atoms with Gasteiger partial charge in [-0.1, -0.05) is 18.5 Å². The second kappa shape index (κ2) is 4.22. The third-order valence-electron chi connectivity index (χ3n) is 2.58. The van der Waals surface area contributed by atoms with E-state index in [1.54, 1.807) is 12.1 Å². The number of aromatic amines is 1. The maximum Gasteiger partial charge on any atom is 0.352 e. The number of pyridine rings is 1. The van der Waals surface area contributed by atoms with Gasteiger partial charge in [-0.2, -0.15) is 0 Å². The summed E-state index contributed by atoms with van der Waals surface area (Å²) < 4.78 is 0. The van der Waals surface area contributed by atoms with E-state index in [0.717, 1.165) is 18.1 Å². The van der Waals surface area contributed by atoms with Crippen LogP contribution in [-0.2, 0) is 6.42 Å². The average molecular weight is 252 g/mol. The highest BCUT2D eigenvalue weighted by atomic mass is 35.5. The SMILES string of the molecule is CCc1cc(Cl)c2c(=O)cc(C(=O)O)[nH]c2c1. The predicted molar refractivity (Wildman–Crippen MR) is 65.9 cm³/mol. The number of aryl methyl sites for hydroxylation is 1. The van der Waals surface area contributed by atoms with Crippen LogP contribution >= 0.6 is 11.6 Å². The lowest BCUT2D eigenvalue weighted by molar-refractivity contribution is 0.0691. The van der Waals surface area contributed by atoms with Crippen molar-refractivity contribution in [3.05, 3.63) is 44.7 Å². The number of nitrogens with one attached hydrogen (secondary N) is 1. The fourth-order valence-corrected chi connectivity index (χ4v) is 2.05. The summed E-state index contributed by atoms with van der Waals surface area (Å²) in [6.45, 7) is 1.96. The molecule has 0 aliphatic rings. The third kappa shape index (κ3) is 2.03. The van der Waals surface area contributed by atoms with Crippen molar-refractivity contribution in [2.24, 2.45) is 0 Å². The Morgan fingerprint density at radius 3 is 2.71 bits per heavy atom. The van der Waals surface area contributed by atoms with Gasteiger partial charge in [0.1, 0.15) is 5.69 Å². The molecule has 0 bridgehead atoms. The molecule has 2 rings (SSSR count). The van der Waals surface area contributed by atoms with Gasteiger partial charge in [-0.25, -0.2) is 4.79 Å². The monoisotopic (exact) mass is 251 g/mol. The highest BCUT2D eigenvalue weighted by molar-refractivity contribution is 6.35. The van der Waals surface area contributed by atoms with E-state index in [1.165, 1.54) is 0 Å². The van der Waals surface area contributed by atoms with Crippen LogP contribution in [0.4, 0.5) is 0 Å². The van der Waals surface area contributed by atoms with Crippen LogP contribution < -0.4 is 5.43 Å². The summed E-state index contributed by atoms with van der Waals surface area (Å²) in [5.41, 5.74) is 0.885. The van der Waals surface area contributed by atoms with Gasteiger partial charge in [0.05, 0.1) is 15.9 Å². The number of benzene rings is 1. The topological polar surface area (TPSA) is 70.2 Å². The van der Waals surface area contributed by atoms with Gasteiger partial charge in [0, 0.05) is 6.07 Å². The van der Waals surface area contributed by atoms with Crippen molar-refractivity contribution in [3.8, 4) is 0 Å². The van der Waals surface area contributed by atoms with Crippen molar-refractivity contribution in [1.82, 2.24) is 4.98 Å². The van der Waals surface area contributed by atoms with Gasteiger partial charge in [0.15, 0.2) is 5.43 Å². The molecule has 0 saturated heterocycles. The molecule has 0 unspecified atom stereocenters. The Labute approximate surface area is 102 Å². The fourth-order valence-electron chi connectivity index (χ4n) is 1.72. The van der Waals surface area contributed by atoms with Gasteiger partial charge >= 0.3 is 5.97 Å². The number of H-pyrrole nitrogens is 1. The van der Waals surface area contributed by atoms with Crippen LogP contribution in [0.15, 0.2) is 23.0 Å². The Morgan fingerprint density at radius 2 is 2.12 bits per heavy atom. The summed E-state index contributed by atoms with van der Waals surface area (Å²) in [6.07, 6.45) is 0.759. The van der Waals surface area contributed by atoms with Gasteiger partial charge in [0.2, 0.25) is 0 Å². The molecule has 0 aliphatic heterocycles. The number of carbonyl (C=O) groups is 1. The van der Waals surface area contributed by atoms with Crippen molar-refractivity contribution < 1.29 is 9.90 Å². The summed E-state index contributed by atoms with van der Waals surface area (Å²) in [6, 6.07) is 4.51. The van der Waals surface area contributed by atoms with Crippen LogP contribution in [0.3, 0.4) is 0 Å². The standard InChI is InChI=1S/C12H10ClNO3/c1-2-6-3-7(13)11-8(4-6)14-9(12(16)17)5-10(11)15/h3-5H,2H2,1H3,(H,14,15)(H,16,17). The highest BCUT2D eigenvalue weighted by Gasteiger charge is 2.11. The summed E-state index contributed by atoms with van der Waals surface area (Å²) in [5, 5.41) is 9.53. The molecular weight excluding hydrogens is 242 g/mol. The molecule has 0 amide bonds. The van der Waals surface area contributed by atoms with Crippen molar-refractivity contribution in [3.63, 3.8) is 0 Å². The highest BCUT2D eigenvalue weighted by Crippen LogP contribution is 2.22. The molecule has 2 N–H and O–H groups in total. The quantitative estimate of drug-likeness (QED) is 0.861. The molecule has 0 radical (unpaired) electrons. The minimum Gasteiger partial charge on any atom is -0.477 e. The number of aromatic carboxylic acids is 1. The maximum absolute atomic E-state index is 11.8. The molecule has 0 fully saturated rings. The van der Waals surface area contributed by atoms with E-state index >= 15 is 0 Å². The molecule has 4 nitrogen and oxygen atoms in total. The van der Waals surface area contributed by atoms with E-state index in [1.807, 2.05) is 6.92 Å². The van der Waals surface area contributed by atoms with Gasteiger partial charge in [-0.3, -0.25) is 4.79 Å². The Morgan fingerprint density at radius 1 is 1.41 bits per heavy atom. The lowest BCUT2D eigenvalue weighted by Gasteiger charge is -2.05. The normalized spacial score (nSPS) is 10.7. The second-order valence-electron chi connectivity index (χ2n) is 3.71. The number of fused-ring (bicyclic) bond motifs is 1. The van der Waals surface area contributed by atoms with Crippen molar-refractivity contribution >= 4 is 28.5 Å². The van der Waals surface area contributed by atoms with E-state index in [-0.39, 0.29) is 11.1 Å². The number of hydrogen-bond donors (Lipinski definition) is 2. The summed E-state index contributed by atoms with van der Waals surface area (Å²) in [7, 11) is 0. The lowest BCUT2D eigenvalue weighted by atomic mass is 10.1. The van der Waals surface area contributed by atoms with E-state index in [2.05, 4.69) is 4.98 Å². The molecule has 88 valence electrons. The molecule has 1 aromatic carbocycles. The summed E-state index contributed by atoms with van der Waals surface area (Å²) in [4.78, 5) is 25.3. The predicted octanol–water partition coefficient (Wildman–Crippen LogP) is 2.44. The van der Waals surface area contributed by atoms with Gasteiger partial charge in [-0.05, 0) is 24.1 Å². The summed E-state index contributed by atoms with van der Waals surface area (Å²) in [5.74, 6) is -1.16. The molecule has 1 heterocycles. The fraction of sp³-hybridized carbons (Fsp3) is 0.167. The molecule has 0 saturated carbocycles. The summed E-state index contributed by atoms with van der Waals surface area (Å²) >= 11 is 6.01. The van der Waals surface area contributed by atoms with Crippen molar-refractivity contribution in [2.45, 2.75) is 13.3 Å². The van der Waals surface area contributed by atoms with E-state index < -0.39 is 5.97 Å². The molecule has 2 aromatic rings. The minimum atomic E-state index is -1.16. The number of carboxylic acid groups (broad SMARTS) is 1. The Bertz CT molecular complexity index is 661. The largest absolute Gasteiger partial charge is 0.477 e. The van der Waals surface area contributed by atoms with Crippen molar-refractivity contribution in [1.29, 1.82) is 0 Å². The molecule has 0 spiro atoms. The van der Waals surface area contributed by atoms with Crippen LogP contribution in [0.2, 0.25) is 5.02 Å². The van der Waals surface area contributed by atoms with Crippen LogP contribution in [0.1, 0.15) is 23.0 Å². The third-order valence-corrected chi connectivity index (χ3v) is 2.88. The number of halogens is 1. The first-order valence-corrected chi connectivity index (χ1v) is 5.49. The molecular formula is C12H10ClNO3. The van der Waals surface area contributed by atoms with Gasteiger partial charge in [0.25, 0.3) is 0 Å². The average Bonchev–Trinajstić information content (AvgIpc) is 2.27. The smallest absolute Gasteiger partial charge is 0.352 e. The molecule has 0 atom stereocenters. The van der Waals surface area contributed by atoms with Crippen LogP contribution in [0.5, 0.6) is 0 Å². The Kier molecular flexibility index (Phi) is 2.90. The Balaban J connectivity index is 2.87. The zero-order valence-electron chi connectivity index (χ0n) is 9.08. The van der Waals surface area contributed by atoms with Crippen LogP contribution in [0, 0.1) is 0 Å². The van der Waals surface area contributed by atoms with Gasteiger partial charge in [-0.15, -0.1) is 0 Å². The molecule has 17 heavy (non-hydrogen) atoms. The number of rotatable bonds is 2. The number of aromatic nitrogens is 1. The second-order valence-corrected chi connectivity index (χ2v) is 4.11. The van der Waals surface area contributed by atoms with E-state index in [9.17, 15) is 9.59 Å². The molecule has 1 aromatic heterocycles. The first-order chi connectivity index (χ1) is 8.02. The zero-order chi connectivity index (χ0) is 12.6. The van der Waals surface area contributed by atoms with Gasteiger partial charge < -0.3 is 10.1 Å². The maximum atomic E-state index is 11.8. The lowest BCUT2D eigenvalue weighted by Crippen LogP contribution is -2.10. The first kappa shape index (κ1) is 11.7. The Hall–Kier alpha value is -1.81. The number of carboxylic acids is 1. The molecule has 0 aliphatic carbocycles. The number of hydrogen-bond acceptors (Lipinski definition) is 2.